The van der Waals surface area contributed by atoms with E-state index in [1.165, 1.54) is 18.5 Å². The number of hydrogen-bond donors (Lipinski definition) is 3. The third-order valence-corrected chi connectivity index (χ3v) is 1.99. The summed E-state index contributed by atoms with van der Waals surface area (Å²) in [5.74, 6) is -0.871. The van der Waals surface area contributed by atoms with Crippen molar-refractivity contribution in [2.24, 2.45) is 0 Å². The number of aromatic amines is 1. The number of carbonyl (C=O) groups is 2. The van der Waals surface area contributed by atoms with E-state index in [4.69, 9.17) is 0 Å². The molecule has 0 atom stereocenters. The highest BCUT2D eigenvalue weighted by molar-refractivity contribution is 5.96. The van der Waals surface area contributed by atoms with Crippen LogP contribution < -0.4 is 16.1 Å². The van der Waals surface area contributed by atoms with Gasteiger partial charge in [-0.3, -0.25) is 14.4 Å². The van der Waals surface area contributed by atoms with Gasteiger partial charge in [-0.25, -0.2) is 0 Å². The van der Waals surface area contributed by atoms with Crippen molar-refractivity contribution in [2.75, 3.05) is 6.54 Å². The Hall–Kier alpha value is -2.11. The maximum absolute atomic E-state index is 11.6. The first-order valence-corrected chi connectivity index (χ1v) is 5.56. The predicted octanol–water partition coefficient (Wildman–Crippen LogP) is 0.0194. The van der Waals surface area contributed by atoms with Crippen molar-refractivity contribution in [2.45, 2.75) is 26.3 Å². The smallest absolute Gasteiger partial charge is 0.257 e. The average molecular weight is 251 g/mol. The van der Waals surface area contributed by atoms with Gasteiger partial charge in [0.15, 0.2) is 5.43 Å². The van der Waals surface area contributed by atoms with Gasteiger partial charge in [0.2, 0.25) is 5.91 Å². The molecular weight excluding hydrogens is 234 g/mol. The number of nitrogens with one attached hydrogen (secondary N) is 3. The number of hydrogen-bond acceptors (Lipinski definition) is 3. The van der Waals surface area contributed by atoms with Crippen LogP contribution in [0.4, 0.5) is 0 Å². The van der Waals surface area contributed by atoms with E-state index in [-0.39, 0.29) is 29.0 Å². The molecule has 1 rings (SSSR count). The Morgan fingerprint density at radius 2 is 2.00 bits per heavy atom. The third kappa shape index (κ3) is 4.40. The van der Waals surface area contributed by atoms with Crippen LogP contribution >= 0.6 is 0 Å². The minimum atomic E-state index is -0.569. The fourth-order valence-electron chi connectivity index (χ4n) is 1.31. The second-order valence-electron chi connectivity index (χ2n) is 4.90. The lowest BCUT2D eigenvalue weighted by Gasteiger charge is -2.20. The molecule has 1 aromatic rings. The molecule has 0 spiro atoms. The summed E-state index contributed by atoms with van der Waals surface area (Å²) in [5, 5.41) is 5.09. The van der Waals surface area contributed by atoms with Crippen LogP contribution in [0.3, 0.4) is 0 Å². The number of aromatic nitrogens is 1. The summed E-state index contributed by atoms with van der Waals surface area (Å²) in [7, 11) is 0. The molecule has 18 heavy (non-hydrogen) atoms. The van der Waals surface area contributed by atoms with Gasteiger partial charge in [0.25, 0.3) is 5.91 Å². The van der Waals surface area contributed by atoms with E-state index >= 15 is 0 Å². The first-order chi connectivity index (χ1) is 8.29. The van der Waals surface area contributed by atoms with E-state index in [0.717, 1.165) is 0 Å². The molecule has 1 heterocycles. The van der Waals surface area contributed by atoms with Crippen LogP contribution in [-0.2, 0) is 4.79 Å². The van der Waals surface area contributed by atoms with Crippen molar-refractivity contribution >= 4 is 11.8 Å². The van der Waals surface area contributed by atoms with Crippen molar-refractivity contribution in [3.05, 3.63) is 34.2 Å². The van der Waals surface area contributed by atoms with Crippen LogP contribution in [0.15, 0.2) is 23.3 Å². The number of carbonyl (C=O) groups excluding carboxylic acids is 2. The van der Waals surface area contributed by atoms with E-state index in [0.29, 0.717) is 0 Å². The summed E-state index contributed by atoms with van der Waals surface area (Å²) in [4.78, 5) is 37.1. The highest BCUT2D eigenvalue weighted by Crippen LogP contribution is 1.97. The van der Waals surface area contributed by atoms with Crippen molar-refractivity contribution in [1.82, 2.24) is 15.6 Å². The van der Waals surface area contributed by atoms with E-state index in [1.807, 2.05) is 20.8 Å². The Kier molecular flexibility index (Phi) is 4.25. The molecule has 3 N–H and O–H groups in total. The van der Waals surface area contributed by atoms with Gasteiger partial charge in [-0.15, -0.1) is 0 Å². The Morgan fingerprint density at radius 1 is 1.33 bits per heavy atom. The van der Waals surface area contributed by atoms with Gasteiger partial charge in [-0.05, 0) is 20.8 Å². The number of rotatable bonds is 3. The van der Waals surface area contributed by atoms with Crippen molar-refractivity contribution in [3.63, 3.8) is 0 Å². The van der Waals surface area contributed by atoms with Gasteiger partial charge in [0.05, 0.1) is 6.54 Å². The minimum Gasteiger partial charge on any atom is -0.367 e. The SMILES string of the molecule is CC(C)(C)NC(=O)CNC(=O)c1c[nH]ccc1=O. The monoisotopic (exact) mass is 251 g/mol. The Labute approximate surface area is 105 Å². The molecule has 0 aliphatic heterocycles. The molecule has 2 amide bonds. The zero-order valence-corrected chi connectivity index (χ0v) is 10.7. The van der Waals surface area contributed by atoms with Gasteiger partial charge in [-0.1, -0.05) is 0 Å². The molecule has 0 aliphatic carbocycles. The van der Waals surface area contributed by atoms with Crippen LogP contribution in [0.5, 0.6) is 0 Å². The molecule has 0 saturated heterocycles. The molecule has 0 unspecified atom stereocenters. The first-order valence-electron chi connectivity index (χ1n) is 5.56. The lowest BCUT2D eigenvalue weighted by Crippen LogP contribution is -2.46. The molecule has 1 aromatic heterocycles. The Balaban J connectivity index is 2.55. The van der Waals surface area contributed by atoms with Gasteiger partial charge in [-0.2, -0.15) is 0 Å². The molecular formula is C12H17N3O3. The van der Waals surface area contributed by atoms with Gasteiger partial charge < -0.3 is 15.6 Å². The summed E-state index contributed by atoms with van der Waals surface area (Å²) in [6, 6.07) is 1.25. The lowest BCUT2D eigenvalue weighted by atomic mass is 10.1. The Morgan fingerprint density at radius 3 is 2.56 bits per heavy atom. The van der Waals surface area contributed by atoms with E-state index in [9.17, 15) is 14.4 Å². The normalized spacial score (nSPS) is 10.8. The molecule has 0 aromatic carbocycles. The van der Waals surface area contributed by atoms with Crippen LogP contribution in [0.1, 0.15) is 31.1 Å². The zero-order chi connectivity index (χ0) is 13.8. The third-order valence-electron chi connectivity index (χ3n) is 1.99. The summed E-state index contributed by atoms with van der Waals surface area (Å²) in [5.41, 5.74) is -0.755. The van der Waals surface area contributed by atoms with Crippen LogP contribution in [-0.4, -0.2) is 28.9 Å². The fraction of sp³-hybridized carbons (Fsp3) is 0.417. The topological polar surface area (TPSA) is 91.1 Å². The van der Waals surface area contributed by atoms with Crippen molar-refractivity contribution < 1.29 is 9.59 Å². The highest BCUT2D eigenvalue weighted by atomic mass is 16.2. The summed E-state index contributed by atoms with van der Waals surface area (Å²) in [6.45, 7) is 5.36. The molecule has 0 bridgehead atoms. The minimum absolute atomic E-state index is 0.0129. The van der Waals surface area contributed by atoms with Gasteiger partial charge >= 0.3 is 0 Å². The second kappa shape index (κ2) is 5.48. The molecule has 0 radical (unpaired) electrons. The van der Waals surface area contributed by atoms with Crippen molar-refractivity contribution in [3.8, 4) is 0 Å². The van der Waals surface area contributed by atoms with E-state index in [2.05, 4.69) is 15.6 Å². The summed E-state index contributed by atoms with van der Waals surface area (Å²) >= 11 is 0. The van der Waals surface area contributed by atoms with Crippen LogP contribution in [0.2, 0.25) is 0 Å². The quantitative estimate of drug-likeness (QED) is 0.707. The summed E-state index contributed by atoms with van der Waals surface area (Å²) < 4.78 is 0. The average Bonchev–Trinajstić information content (AvgIpc) is 2.24. The number of pyridine rings is 1. The number of H-pyrrole nitrogens is 1. The van der Waals surface area contributed by atoms with E-state index < -0.39 is 5.91 Å². The zero-order valence-electron chi connectivity index (χ0n) is 10.7. The molecule has 6 heteroatoms. The molecule has 98 valence electrons. The van der Waals surface area contributed by atoms with Gasteiger partial charge in [0, 0.05) is 24.0 Å². The summed E-state index contributed by atoms with van der Waals surface area (Å²) in [6.07, 6.45) is 2.74. The molecule has 0 aliphatic rings. The molecule has 0 saturated carbocycles. The highest BCUT2D eigenvalue weighted by Gasteiger charge is 2.15. The van der Waals surface area contributed by atoms with E-state index in [1.54, 1.807) is 0 Å². The fourth-order valence-corrected chi connectivity index (χ4v) is 1.31. The molecule has 6 nitrogen and oxygen atoms in total. The maximum atomic E-state index is 11.6. The van der Waals surface area contributed by atoms with Crippen LogP contribution in [0.25, 0.3) is 0 Å². The standard InChI is InChI=1S/C12H17N3O3/c1-12(2,3)15-10(17)7-14-11(18)8-6-13-5-4-9(8)16/h4-6H,7H2,1-3H3,(H,13,16)(H,14,18)(H,15,17). The first kappa shape index (κ1) is 14.0. The van der Waals surface area contributed by atoms with Gasteiger partial charge in [0.1, 0.15) is 5.56 Å². The van der Waals surface area contributed by atoms with Crippen molar-refractivity contribution in [1.29, 1.82) is 0 Å². The maximum Gasteiger partial charge on any atom is 0.257 e. The second-order valence-corrected chi connectivity index (χ2v) is 4.90. The number of amides is 2. The molecule has 0 fully saturated rings. The largest absolute Gasteiger partial charge is 0.367 e. The Bertz CT molecular complexity index is 500. The lowest BCUT2D eigenvalue weighted by molar-refractivity contribution is -0.121. The van der Waals surface area contributed by atoms with Crippen LogP contribution in [0, 0.1) is 0 Å². The predicted molar refractivity (Wildman–Crippen MR) is 67.3 cm³/mol.